The number of anilines is 1. The van der Waals surface area contributed by atoms with Crippen molar-refractivity contribution >= 4 is 27.6 Å². The smallest absolute Gasteiger partial charge is 0.226 e. The average molecular weight is 383 g/mol. The van der Waals surface area contributed by atoms with Crippen LogP contribution < -0.4 is 10.1 Å². The van der Waals surface area contributed by atoms with Gasteiger partial charge in [0, 0.05) is 15.7 Å². The lowest BCUT2D eigenvalue weighted by molar-refractivity contribution is 0.414. The Morgan fingerprint density at radius 3 is 2.88 bits per heavy atom. The molecule has 0 spiro atoms. The molecule has 0 saturated heterocycles. The molecule has 1 atom stereocenters. The number of allylic oxidation sites excluding steroid dienone is 1. The summed E-state index contributed by atoms with van der Waals surface area (Å²) in [5, 5.41) is 7.71. The van der Waals surface area contributed by atoms with Crippen LogP contribution in [0.2, 0.25) is 0 Å². The maximum absolute atomic E-state index is 5.33. The van der Waals surface area contributed by atoms with Crippen LogP contribution in [0.3, 0.4) is 0 Å². The molecule has 2 aromatic carbocycles. The fourth-order valence-corrected chi connectivity index (χ4v) is 3.24. The van der Waals surface area contributed by atoms with Gasteiger partial charge in [-0.3, -0.25) is 0 Å². The summed E-state index contributed by atoms with van der Waals surface area (Å²) in [6.07, 6.45) is 3.72. The first kappa shape index (κ1) is 15.0. The second kappa shape index (κ2) is 6.13. The number of halogens is 1. The maximum atomic E-state index is 5.33. The first-order valence-corrected chi connectivity index (χ1v) is 8.32. The minimum Gasteiger partial charge on any atom is -0.497 e. The molecule has 0 saturated carbocycles. The van der Waals surface area contributed by atoms with Gasteiger partial charge < -0.3 is 10.1 Å². The Balaban J connectivity index is 1.81. The molecule has 120 valence electrons. The molecule has 0 amide bonds. The summed E-state index contributed by atoms with van der Waals surface area (Å²) in [4.78, 5) is 4.33. The molecule has 0 bridgehead atoms. The lowest BCUT2D eigenvalue weighted by atomic mass is 10.0. The van der Waals surface area contributed by atoms with Crippen LogP contribution in [0.5, 0.6) is 5.75 Å². The van der Waals surface area contributed by atoms with E-state index in [4.69, 9.17) is 4.74 Å². The largest absolute Gasteiger partial charge is 0.497 e. The summed E-state index contributed by atoms with van der Waals surface area (Å²) in [5.74, 6) is 1.54. The van der Waals surface area contributed by atoms with E-state index in [1.54, 1.807) is 13.4 Å². The molecule has 1 aromatic heterocycles. The molecule has 3 aromatic rings. The van der Waals surface area contributed by atoms with E-state index in [1.165, 1.54) is 0 Å². The van der Waals surface area contributed by atoms with E-state index in [0.29, 0.717) is 0 Å². The number of rotatable bonds is 3. The monoisotopic (exact) mass is 382 g/mol. The molecule has 4 rings (SSSR count). The quantitative estimate of drug-likeness (QED) is 0.740. The minimum atomic E-state index is -0.0255. The molecule has 5 nitrogen and oxygen atoms in total. The van der Waals surface area contributed by atoms with Crippen molar-refractivity contribution in [2.24, 2.45) is 0 Å². The van der Waals surface area contributed by atoms with Crippen LogP contribution in [0.4, 0.5) is 5.95 Å². The lowest BCUT2D eigenvalue weighted by Crippen LogP contribution is -2.20. The number of aromatic nitrogens is 3. The predicted molar refractivity (Wildman–Crippen MR) is 96.9 cm³/mol. The van der Waals surface area contributed by atoms with E-state index >= 15 is 0 Å². The van der Waals surface area contributed by atoms with Gasteiger partial charge >= 0.3 is 0 Å². The molecular formula is C18H15BrN4O. The van der Waals surface area contributed by atoms with Crippen LogP contribution in [0, 0.1) is 0 Å². The first-order valence-electron chi connectivity index (χ1n) is 7.53. The number of ether oxygens (including phenoxy) is 1. The molecule has 0 radical (unpaired) electrons. The van der Waals surface area contributed by atoms with Crippen molar-refractivity contribution in [3.8, 4) is 5.75 Å². The van der Waals surface area contributed by atoms with E-state index in [9.17, 15) is 0 Å². The standard InChI is InChI=1S/C18H15BrN4O/c1-24-15-7-3-4-12(9-15)16-10-17(13-5-2-6-14(19)8-13)23-18(22-16)20-11-21-23/h2-11,17H,1H3,(H,20,21,22)/t17-/m1/s1. The third-order valence-electron chi connectivity index (χ3n) is 3.98. The molecule has 1 aliphatic rings. The SMILES string of the molecule is COc1cccc(C2=C[C@H](c3cccc(Br)c3)n3ncnc3N2)c1. The summed E-state index contributed by atoms with van der Waals surface area (Å²) < 4.78 is 8.25. The molecule has 0 unspecified atom stereocenters. The highest BCUT2D eigenvalue weighted by Crippen LogP contribution is 2.33. The topological polar surface area (TPSA) is 52.0 Å². The Hall–Kier alpha value is -2.60. The van der Waals surface area contributed by atoms with Crippen molar-refractivity contribution in [3.05, 3.63) is 76.5 Å². The highest BCUT2D eigenvalue weighted by molar-refractivity contribution is 9.10. The van der Waals surface area contributed by atoms with E-state index in [2.05, 4.69) is 49.5 Å². The summed E-state index contributed by atoms with van der Waals surface area (Å²) in [6, 6.07) is 16.2. The van der Waals surface area contributed by atoms with Gasteiger partial charge in [-0.15, -0.1) is 0 Å². The molecule has 2 heterocycles. The summed E-state index contributed by atoms with van der Waals surface area (Å²) in [5.41, 5.74) is 3.17. The van der Waals surface area contributed by atoms with Crippen molar-refractivity contribution in [1.82, 2.24) is 14.8 Å². The molecule has 0 fully saturated rings. The van der Waals surface area contributed by atoms with Gasteiger partial charge in [-0.2, -0.15) is 10.1 Å². The van der Waals surface area contributed by atoms with Gasteiger partial charge in [-0.05, 0) is 35.9 Å². The van der Waals surface area contributed by atoms with Gasteiger partial charge in [0.15, 0.2) is 0 Å². The normalized spacial score (nSPS) is 16.1. The van der Waals surface area contributed by atoms with Gasteiger partial charge in [-0.25, -0.2) is 4.68 Å². The minimum absolute atomic E-state index is 0.0255. The zero-order valence-corrected chi connectivity index (χ0v) is 14.6. The van der Waals surface area contributed by atoms with Crippen LogP contribution >= 0.6 is 15.9 Å². The number of nitrogens with one attached hydrogen (secondary N) is 1. The van der Waals surface area contributed by atoms with E-state index in [1.807, 2.05) is 41.1 Å². The second-order valence-electron chi connectivity index (χ2n) is 5.47. The van der Waals surface area contributed by atoms with Gasteiger partial charge in [0.1, 0.15) is 18.1 Å². The van der Waals surface area contributed by atoms with Crippen molar-refractivity contribution in [2.75, 3.05) is 12.4 Å². The zero-order valence-electron chi connectivity index (χ0n) is 13.0. The Kier molecular flexibility index (Phi) is 3.82. The van der Waals surface area contributed by atoms with Crippen molar-refractivity contribution in [2.45, 2.75) is 6.04 Å². The van der Waals surface area contributed by atoms with Gasteiger partial charge in [0.25, 0.3) is 0 Å². The zero-order chi connectivity index (χ0) is 16.5. The highest BCUT2D eigenvalue weighted by Gasteiger charge is 2.23. The maximum Gasteiger partial charge on any atom is 0.226 e. The van der Waals surface area contributed by atoms with Crippen LogP contribution in [0.15, 0.2) is 65.4 Å². The predicted octanol–water partition coefficient (Wildman–Crippen LogP) is 4.11. The number of methoxy groups -OCH3 is 1. The molecule has 1 aliphatic heterocycles. The number of benzene rings is 2. The third-order valence-corrected chi connectivity index (χ3v) is 4.47. The first-order chi connectivity index (χ1) is 11.7. The fourth-order valence-electron chi connectivity index (χ4n) is 2.82. The summed E-state index contributed by atoms with van der Waals surface area (Å²) in [7, 11) is 1.67. The van der Waals surface area contributed by atoms with Gasteiger partial charge in [-0.1, -0.05) is 40.2 Å². The number of fused-ring (bicyclic) bond motifs is 1. The Morgan fingerprint density at radius 1 is 1.17 bits per heavy atom. The van der Waals surface area contributed by atoms with Crippen LogP contribution in [-0.2, 0) is 0 Å². The Morgan fingerprint density at radius 2 is 2.04 bits per heavy atom. The Labute approximate surface area is 148 Å². The fraction of sp³-hybridized carbons (Fsp3) is 0.111. The van der Waals surface area contributed by atoms with E-state index < -0.39 is 0 Å². The van der Waals surface area contributed by atoms with E-state index in [-0.39, 0.29) is 6.04 Å². The van der Waals surface area contributed by atoms with Crippen LogP contribution in [-0.4, -0.2) is 21.9 Å². The number of hydrogen-bond donors (Lipinski definition) is 1. The molecule has 0 aliphatic carbocycles. The molecule has 6 heteroatoms. The van der Waals surface area contributed by atoms with Crippen molar-refractivity contribution < 1.29 is 4.74 Å². The third kappa shape index (κ3) is 2.69. The van der Waals surface area contributed by atoms with E-state index in [0.717, 1.165) is 33.0 Å². The Bertz CT molecular complexity index is 919. The van der Waals surface area contributed by atoms with Crippen LogP contribution in [0.1, 0.15) is 17.2 Å². The van der Waals surface area contributed by atoms with Crippen molar-refractivity contribution in [1.29, 1.82) is 0 Å². The number of nitrogens with zero attached hydrogens (tertiary/aromatic N) is 3. The number of hydrogen-bond acceptors (Lipinski definition) is 4. The van der Waals surface area contributed by atoms with Gasteiger partial charge in [0.2, 0.25) is 5.95 Å². The average Bonchev–Trinajstić information content (AvgIpc) is 3.09. The molecule has 1 N–H and O–H groups in total. The molecular weight excluding hydrogens is 368 g/mol. The second-order valence-corrected chi connectivity index (χ2v) is 6.38. The molecule has 24 heavy (non-hydrogen) atoms. The van der Waals surface area contributed by atoms with Crippen molar-refractivity contribution in [3.63, 3.8) is 0 Å². The van der Waals surface area contributed by atoms with Gasteiger partial charge in [0.05, 0.1) is 7.11 Å². The van der Waals surface area contributed by atoms with Crippen LogP contribution in [0.25, 0.3) is 5.70 Å². The summed E-state index contributed by atoms with van der Waals surface area (Å²) >= 11 is 3.54. The lowest BCUT2D eigenvalue weighted by Gasteiger charge is -2.24. The highest BCUT2D eigenvalue weighted by atomic mass is 79.9. The summed E-state index contributed by atoms with van der Waals surface area (Å²) in [6.45, 7) is 0.